The zero-order valence-electron chi connectivity index (χ0n) is 13.3. The number of benzene rings is 2. The van der Waals surface area contributed by atoms with E-state index in [0.717, 1.165) is 11.3 Å². The van der Waals surface area contributed by atoms with Gasteiger partial charge in [0.1, 0.15) is 11.5 Å². The van der Waals surface area contributed by atoms with Crippen molar-refractivity contribution in [3.63, 3.8) is 0 Å². The molecule has 1 amide bonds. The SMILES string of the molecule is Cc1cccc(Nc2cnc(C(=O)Nc3cc(Cl)ccc3Cl)cn2)c1. The predicted molar refractivity (Wildman–Crippen MR) is 101 cm³/mol. The summed E-state index contributed by atoms with van der Waals surface area (Å²) >= 11 is 11.9. The van der Waals surface area contributed by atoms with Gasteiger partial charge in [0.05, 0.1) is 23.1 Å². The summed E-state index contributed by atoms with van der Waals surface area (Å²) in [6.07, 6.45) is 2.89. The van der Waals surface area contributed by atoms with Gasteiger partial charge in [-0.05, 0) is 42.8 Å². The maximum atomic E-state index is 12.3. The predicted octanol–water partition coefficient (Wildman–Crippen LogP) is 5.09. The normalized spacial score (nSPS) is 10.4. The molecule has 0 saturated carbocycles. The number of aromatic nitrogens is 2. The zero-order valence-corrected chi connectivity index (χ0v) is 14.8. The van der Waals surface area contributed by atoms with Crippen LogP contribution < -0.4 is 10.6 Å². The lowest BCUT2D eigenvalue weighted by Crippen LogP contribution is -2.14. The Morgan fingerprint density at radius 2 is 1.88 bits per heavy atom. The lowest BCUT2D eigenvalue weighted by Gasteiger charge is -2.08. The lowest BCUT2D eigenvalue weighted by molar-refractivity contribution is 0.102. The highest BCUT2D eigenvalue weighted by atomic mass is 35.5. The summed E-state index contributed by atoms with van der Waals surface area (Å²) in [5.41, 5.74) is 2.62. The van der Waals surface area contributed by atoms with Crippen molar-refractivity contribution in [2.45, 2.75) is 6.92 Å². The van der Waals surface area contributed by atoms with E-state index in [0.29, 0.717) is 21.6 Å². The number of carbonyl (C=O) groups excluding carboxylic acids is 1. The van der Waals surface area contributed by atoms with Crippen LogP contribution in [-0.2, 0) is 0 Å². The molecule has 0 saturated heterocycles. The standard InChI is InChI=1S/C18H14Cl2N4O/c1-11-3-2-4-13(7-11)23-17-10-21-16(9-22-17)18(25)24-15-8-12(19)5-6-14(15)20/h2-10H,1H3,(H,22,23)(H,24,25). The summed E-state index contributed by atoms with van der Waals surface area (Å²) < 4.78 is 0. The van der Waals surface area contributed by atoms with Crippen molar-refractivity contribution in [1.82, 2.24) is 9.97 Å². The van der Waals surface area contributed by atoms with Gasteiger partial charge in [0.2, 0.25) is 0 Å². The van der Waals surface area contributed by atoms with Crippen LogP contribution in [0.4, 0.5) is 17.2 Å². The molecule has 25 heavy (non-hydrogen) atoms. The van der Waals surface area contributed by atoms with Crippen LogP contribution in [0.1, 0.15) is 16.1 Å². The van der Waals surface area contributed by atoms with Gasteiger partial charge in [0.25, 0.3) is 5.91 Å². The van der Waals surface area contributed by atoms with Gasteiger partial charge < -0.3 is 10.6 Å². The van der Waals surface area contributed by atoms with Crippen LogP contribution in [0.2, 0.25) is 10.0 Å². The Hall–Kier alpha value is -2.63. The average molecular weight is 373 g/mol. The maximum Gasteiger partial charge on any atom is 0.275 e. The van der Waals surface area contributed by atoms with E-state index >= 15 is 0 Å². The van der Waals surface area contributed by atoms with Gasteiger partial charge in [-0.15, -0.1) is 0 Å². The third-order valence-corrected chi connectivity index (χ3v) is 3.92. The molecule has 2 aromatic carbocycles. The summed E-state index contributed by atoms with van der Waals surface area (Å²) in [6, 6.07) is 12.7. The van der Waals surface area contributed by atoms with Gasteiger partial charge in [0.15, 0.2) is 0 Å². The second-order valence-corrected chi connectivity index (χ2v) is 6.20. The van der Waals surface area contributed by atoms with E-state index in [2.05, 4.69) is 20.6 Å². The second-order valence-electron chi connectivity index (χ2n) is 5.36. The Labute approximate surface area is 155 Å². The Bertz CT molecular complexity index is 913. The zero-order chi connectivity index (χ0) is 17.8. The van der Waals surface area contributed by atoms with E-state index in [4.69, 9.17) is 23.2 Å². The first-order valence-corrected chi connectivity index (χ1v) is 8.19. The first-order chi connectivity index (χ1) is 12.0. The minimum absolute atomic E-state index is 0.172. The molecule has 1 heterocycles. The molecule has 3 rings (SSSR count). The van der Waals surface area contributed by atoms with Gasteiger partial charge in [-0.3, -0.25) is 4.79 Å². The molecule has 0 aliphatic carbocycles. The number of aryl methyl sites for hydroxylation is 1. The largest absolute Gasteiger partial charge is 0.339 e. The van der Waals surface area contributed by atoms with Crippen LogP contribution in [0.25, 0.3) is 0 Å². The fourth-order valence-electron chi connectivity index (χ4n) is 2.16. The number of rotatable bonds is 4. The molecule has 126 valence electrons. The highest BCUT2D eigenvalue weighted by molar-refractivity contribution is 6.35. The summed E-state index contributed by atoms with van der Waals surface area (Å²) in [4.78, 5) is 20.6. The number of amides is 1. The van der Waals surface area contributed by atoms with Crippen molar-refractivity contribution in [3.05, 3.63) is 76.2 Å². The van der Waals surface area contributed by atoms with Crippen LogP contribution in [-0.4, -0.2) is 15.9 Å². The molecular formula is C18H14Cl2N4O. The number of halogens is 2. The van der Waals surface area contributed by atoms with Gasteiger partial charge in [0, 0.05) is 10.7 Å². The third-order valence-electron chi connectivity index (χ3n) is 3.35. The van der Waals surface area contributed by atoms with E-state index in [9.17, 15) is 4.79 Å². The number of nitrogens with zero attached hydrogens (tertiary/aromatic N) is 2. The number of hydrogen-bond acceptors (Lipinski definition) is 4. The molecule has 0 aliphatic rings. The number of hydrogen-bond donors (Lipinski definition) is 2. The van der Waals surface area contributed by atoms with Crippen molar-refractivity contribution in [3.8, 4) is 0 Å². The monoisotopic (exact) mass is 372 g/mol. The maximum absolute atomic E-state index is 12.3. The van der Waals surface area contributed by atoms with Crippen molar-refractivity contribution in [2.75, 3.05) is 10.6 Å². The van der Waals surface area contributed by atoms with E-state index in [1.165, 1.54) is 12.4 Å². The molecule has 0 unspecified atom stereocenters. The number of nitrogens with one attached hydrogen (secondary N) is 2. The summed E-state index contributed by atoms with van der Waals surface area (Å²) in [5.74, 6) is 0.127. The quantitative estimate of drug-likeness (QED) is 0.669. The van der Waals surface area contributed by atoms with Crippen LogP contribution in [0.15, 0.2) is 54.9 Å². The van der Waals surface area contributed by atoms with Gasteiger partial charge in [-0.25, -0.2) is 9.97 Å². The van der Waals surface area contributed by atoms with E-state index in [1.54, 1.807) is 18.2 Å². The smallest absolute Gasteiger partial charge is 0.275 e. The summed E-state index contributed by atoms with van der Waals surface area (Å²) in [6.45, 7) is 2.01. The fourth-order valence-corrected chi connectivity index (χ4v) is 2.50. The van der Waals surface area contributed by atoms with Crippen molar-refractivity contribution in [2.24, 2.45) is 0 Å². The van der Waals surface area contributed by atoms with Gasteiger partial charge >= 0.3 is 0 Å². The lowest BCUT2D eigenvalue weighted by atomic mass is 10.2. The highest BCUT2D eigenvalue weighted by Crippen LogP contribution is 2.25. The second kappa shape index (κ2) is 7.51. The van der Waals surface area contributed by atoms with E-state index in [-0.39, 0.29) is 5.69 Å². The Morgan fingerprint density at radius 1 is 1.04 bits per heavy atom. The van der Waals surface area contributed by atoms with Gasteiger partial charge in [-0.1, -0.05) is 35.3 Å². The van der Waals surface area contributed by atoms with Crippen LogP contribution in [0.3, 0.4) is 0 Å². The first-order valence-electron chi connectivity index (χ1n) is 7.43. The molecule has 0 aliphatic heterocycles. The van der Waals surface area contributed by atoms with E-state index in [1.807, 2.05) is 31.2 Å². The van der Waals surface area contributed by atoms with Crippen LogP contribution in [0.5, 0.6) is 0 Å². The molecule has 7 heteroatoms. The molecular weight excluding hydrogens is 359 g/mol. The molecule has 1 aromatic heterocycles. The highest BCUT2D eigenvalue weighted by Gasteiger charge is 2.11. The van der Waals surface area contributed by atoms with Gasteiger partial charge in [-0.2, -0.15) is 0 Å². The number of anilines is 3. The fraction of sp³-hybridized carbons (Fsp3) is 0.0556. The molecule has 0 radical (unpaired) electrons. The molecule has 0 atom stereocenters. The molecule has 5 nitrogen and oxygen atoms in total. The molecule has 2 N–H and O–H groups in total. The van der Waals surface area contributed by atoms with Crippen LogP contribution in [0, 0.1) is 6.92 Å². The number of carbonyl (C=O) groups is 1. The molecule has 0 bridgehead atoms. The molecule has 0 spiro atoms. The van der Waals surface area contributed by atoms with E-state index < -0.39 is 5.91 Å². The summed E-state index contributed by atoms with van der Waals surface area (Å²) in [7, 11) is 0. The Balaban J connectivity index is 1.71. The van der Waals surface area contributed by atoms with Crippen LogP contribution >= 0.6 is 23.2 Å². The minimum atomic E-state index is -0.418. The molecule has 3 aromatic rings. The van der Waals surface area contributed by atoms with Crippen molar-refractivity contribution >= 4 is 46.3 Å². The topological polar surface area (TPSA) is 66.9 Å². The third kappa shape index (κ3) is 4.47. The minimum Gasteiger partial charge on any atom is -0.339 e. The molecule has 0 fully saturated rings. The Kier molecular flexibility index (Phi) is 5.16. The Morgan fingerprint density at radius 3 is 2.60 bits per heavy atom. The van der Waals surface area contributed by atoms with Crippen molar-refractivity contribution < 1.29 is 4.79 Å². The average Bonchev–Trinajstić information content (AvgIpc) is 2.59. The van der Waals surface area contributed by atoms with Crippen molar-refractivity contribution in [1.29, 1.82) is 0 Å². The summed E-state index contributed by atoms with van der Waals surface area (Å²) in [5, 5.41) is 6.67. The first kappa shape index (κ1) is 17.2.